The zero-order valence-corrected chi connectivity index (χ0v) is 12.1. The van der Waals surface area contributed by atoms with Gasteiger partial charge in [0, 0.05) is 24.6 Å². The van der Waals surface area contributed by atoms with Gasteiger partial charge in [-0.3, -0.25) is 0 Å². The quantitative estimate of drug-likeness (QED) is 0.741. The van der Waals surface area contributed by atoms with Crippen molar-refractivity contribution in [1.29, 1.82) is 0 Å². The molecule has 3 aromatic rings. The predicted molar refractivity (Wildman–Crippen MR) is 81.1 cm³/mol. The Bertz CT molecular complexity index is 714. The second-order valence-corrected chi connectivity index (χ2v) is 4.57. The number of aromatic nitrogens is 5. The molecule has 21 heavy (non-hydrogen) atoms. The molecule has 0 unspecified atom stereocenters. The largest absolute Gasteiger partial charge is 0.311 e. The van der Waals surface area contributed by atoms with E-state index in [9.17, 15) is 0 Å². The Morgan fingerprint density at radius 3 is 2.57 bits per heavy atom. The summed E-state index contributed by atoms with van der Waals surface area (Å²) in [5, 5.41) is 4.25. The summed E-state index contributed by atoms with van der Waals surface area (Å²) in [7, 11) is 0. The van der Waals surface area contributed by atoms with Crippen LogP contribution in [0.15, 0.2) is 48.8 Å². The van der Waals surface area contributed by atoms with Crippen molar-refractivity contribution in [3.05, 3.63) is 54.1 Å². The van der Waals surface area contributed by atoms with Crippen LogP contribution in [-0.4, -0.2) is 31.3 Å². The van der Waals surface area contributed by atoms with E-state index in [0.717, 1.165) is 5.69 Å². The van der Waals surface area contributed by atoms with Crippen molar-refractivity contribution in [2.75, 3.05) is 11.4 Å². The highest BCUT2D eigenvalue weighted by molar-refractivity contribution is 6.28. The van der Waals surface area contributed by atoms with Crippen molar-refractivity contribution < 1.29 is 0 Å². The van der Waals surface area contributed by atoms with Crippen LogP contribution in [0.25, 0.3) is 5.95 Å². The summed E-state index contributed by atoms with van der Waals surface area (Å²) in [6, 6.07) is 11.7. The van der Waals surface area contributed by atoms with E-state index in [4.69, 9.17) is 11.6 Å². The molecule has 0 fully saturated rings. The Morgan fingerprint density at radius 1 is 1.10 bits per heavy atom. The van der Waals surface area contributed by atoms with E-state index in [-0.39, 0.29) is 5.28 Å². The summed E-state index contributed by atoms with van der Waals surface area (Å²) in [4.78, 5) is 14.7. The summed E-state index contributed by atoms with van der Waals surface area (Å²) >= 11 is 6.03. The third-order valence-corrected chi connectivity index (χ3v) is 3.09. The topological polar surface area (TPSA) is 59.7 Å². The zero-order valence-electron chi connectivity index (χ0n) is 11.4. The van der Waals surface area contributed by atoms with E-state index in [1.165, 1.54) is 0 Å². The molecular weight excluding hydrogens is 288 g/mol. The van der Waals surface area contributed by atoms with E-state index in [1.807, 2.05) is 42.2 Å². The first kappa shape index (κ1) is 13.5. The summed E-state index contributed by atoms with van der Waals surface area (Å²) < 4.78 is 1.55. The van der Waals surface area contributed by atoms with E-state index in [2.05, 4.69) is 20.1 Å². The lowest BCUT2D eigenvalue weighted by atomic mass is 10.3. The molecule has 0 N–H and O–H groups in total. The molecule has 1 aromatic carbocycles. The van der Waals surface area contributed by atoms with Gasteiger partial charge in [0.2, 0.25) is 11.2 Å². The molecule has 0 aliphatic carbocycles. The molecule has 0 radical (unpaired) electrons. The maximum Gasteiger partial charge on any atom is 0.256 e. The van der Waals surface area contributed by atoms with E-state index < -0.39 is 0 Å². The lowest BCUT2D eigenvalue weighted by molar-refractivity contribution is 0.785. The van der Waals surface area contributed by atoms with Crippen LogP contribution in [0.3, 0.4) is 0 Å². The maximum atomic E-state index is 6.03. The Morgan fingerprint density at radius 2 is 1.90 bits per heavy atom. The van der Waals surface area contributed by atoms with Crippen LogP contribution < -0.4 is 4.90 Å². The summed E-state index contributed by atoms with van der Waals surface area (Å²) in [6.07, 6.45) is 3.42. The SMILES string of the molecule is CCN(c1ccccc1)c1nc(Cl)nc(-n2cccn2)n1. The number of para-hydroxylation sites is 1. The first-order valence-corrected chi connectivity index (χ1v) is 6.90. The monoisotopic (exact) mass is 300 g/mol. The minimum Gasteiger partial charge on any atom is -0.311 e. The van der Waals surface area contributed by atoms with Gasteiger partial charge in [-0.05, 0) is 36.7 Å². The second-order valence-electron chi connectivity index (χ2n) is 4.23. The van der Waals surface area contributed by atoms with Crippen LogP contribution in [0.5, 0.6) is 0 Å². The molecule has 0 aliphatic heterocycles. The van der Waals surface area contributed by atoms with E-state index >= 15 is 0 Å². The Labute approximate surface area is 127 Å². The highest BCUT2D eigenvalue weighted by atomic mass is 35.5. The molecule has 7 heteroatoms. The second kappa shape index (κ2) is 5.88. The van der Waals surface area contributed by atoms with Gasteiger partial charge >= 0.3 is 0 Å². The summed E-state index contributed by atoms with van der Waals surface area (Å²) in [6.45, 7) is 2.74. The molecule has 0 bridgehead atoms. The molecule has 0 atom stereocenters. The molecular formula is C14H13ClN6. The molecule has 0 spiro atoms. The van der Waals surface area contributed by atoms with Crippen LogP contribution in [0.2, 0.25) is 5.28 Å². The first-order chi connectivity index (χ1) is 10.3. The van der Waals surface area contributed by atoms with Gasteiger partial charge < -0.3 is 4.90 Å². The van der Waals surface area contributed by atoms with E-state index in [0.29, 0.717) is 18.4 Å². The average molecular weight is 301 g/mol. The van der Waals surface area contributed by atoms with Crippen molar-refractivity contribution in [3.63, 3.8) is 0 Å². The summed E-state index contributed by atoms with van der Waals surface area (Å²) in [5.41, 5.74) is 0.994. The van der Waals surface area contributed by atoms with Gasteiger partial charge in [-0.2, -0.15) is 20.1 Å². The lowest BCUT2D eigenvalue weighted by Crippen LogP contribution is -2.20. The number of halogens is 1. The normalized spacial score (nSPS) is 10.6. The van der Waals surface area contributed by atoms with Crippen molar-refractivity contribution >= 4 is 23.2 Å². The fourth-order valence-electron chi connectivity index (χ4n) is 1.99. The van der Waals surface area contributed by atoms with Crippen molar-refractivity contribution in [2.45, 2.75) is 6.92 Å². The summed E-state index contributed by atoms with van der Waals surface area (Å²) in [5.74, 6) is 0.888. The standard InChI is InChI=1S/C14H13ClN6/c1-2-20(11-7-4-3-5-8-11)13-17-12(15)18-14(19-13)21-10-6-9-16-21/h3-10H,2H2,1H3. The third kappa shape index (κ3) is 2.85. The maximum absolute atomic E-state index is 6.03. The number of anilines is 2. The molecule has 3 rings (SSSR count). The molecule has 2 heterocycles. The lowest BCUT2D eigenvalue weighted by Gasteiger charge is -2.21. The Hall–Kier alpha value is -2.47. The minimum absolute atomic E-state index is 0.139. The molecule has 0 aliphatic rings. The number of nitrogens with zero attached hydrogens (tertiary/aromatic N) is 6. The Kier molecular flexibility index (Phi) is 3.79. The van der Waals surface area contributed by atoms with Crippen molar-refractivity contribution in [2.24, 2.45) is 0 Å². The number of hydrogen-bond acceptors (Lipinski definition) is 5. The smallest absolute Gasteiger partial charge is 0.256 e. The predicted octanol–water partition coefficient (Wildman–Crippen LogP) is 2.87. The number of rotatable bonds is 4. The Balaban J connectivity index is 2.05. The molecule has 2 aromatic heterocycles. The molecule has 106 valence electrons. The van der Waals surface area contributed by atoms with Crippen LogP contribution >= 0.6 is 11.6 Å². The first-order valence-electron chi connectivity index (χ1n) is 6.52. The molecule has 6 nitrogen and oxygen atoms in total. The number of benzene rings is 1. The third-order valence-electron chi connectivity index (χ3n) is 2.92. The van der Waals surface area contributed by atoms with Gasteiger partial charge in [-0.1, -0.05) is 18.2 Å². The van der Waals surface area contributed by atoms with E-state index in [1.54, 1.807) is 23.1 Å². The van der Waals surface area contributed by atoms with Crippen LogP contribution in [0.4, 0.5) is 11.6 Å². The highest BCUT2D eigenvalue weighted by Crippen LogP contribution is 2.22. The van der Waals surface area contributed by atoms with Crippen molar-refractivity contribution in [1.82, 2.24) is 24.7 Å². The minimum atomic E-state index is 0.139. The molecule has 0 amide bonds. The fraction of sp³-hybridized carbons (Fsp3) is 0.143. The highest BCUT2D eigenvalue weighted by Gasteiger charge is 2.14. The van der Waals surface area contributed by atoms with Crippen molar-refractivity contribution in [3.8, 4) is 5.95 Å². The van der Waals surface area contributed by atoms with Crippen LogP contribution in [-0.2, 0) is 0 Å². The zero-order chi connectivity index (χ0) is 14.7. The van der Waals surface area contributed by atoms with Gasteiger partial charge in [0.1, 0.15) is 0 Å². The van der Waals surface area contributed by atoms with Crippen LogP contribution in [0, 0.1) is 0 Å². The molecule has 0 saturated heterocycles. The number of hydrogen-bond donors (Lipinski definition) is 0. The van der Waals surface area contributed by atoms with Gasteiger partial charge in [-0.15, -0.1) is 0 Å². The average Bonchev–Trinajstić information content (AvgIpc) is 3.03. The molecule has 0 saturated carbocycles. The van der Waals surface area contributed by atoms with Gasteiger partial charge in [0.15, 0.2) is 0 Å². The van der Waals surface area contributed by atoms with Gasteiger partial charge in [-0.25, -0.2) is 4.68 Å². The fourth-order valence-corrected chi connectivity index (χ4v) is 2.14. The van der Waals surface area contributed by atoms with Gasteiger partial charge in [0.05, 0.1) is 0 Å². The van der Waals surface area contributed by atoms with Gasteiger partial charge in [0.25, 0.3) is 5.95 Å². The van der Waals surface area contributed by atoms with Crippen LogP contribution in [0.1, 0.15) is 6.92 Å².